The van der Waals surface area contributed by atoms with Gasteiger partial charge in [0.25, 0.3) is 16.0 Å². The van der Waals surface area contributed by atoms with Crippen molar-refractivity contribution in [3.63, 3.8) is 0 Å². The van der Waals surface area contributed by atoms with Gasteiger partial charge in [-0.05, 0) is 24.1 Å². The Labute approximate surface area is 117 Å². The Hall–Kier alpha value is -1.47. The first-order valence-electron chi connectivity index (χ1n) is 6.18. The molecule has 1 saturated heterocycles. The highest BCUT2D eigenvalue weighted by atomic mass is 32.2. The molecule has 1 amide bonds. The third kappa shape index (κ3) is 3.55. The van der Waals surface area contributed by atoms with Crippen LogP contribution >= 0.6 is 0 Å². The maximum Gasteiger partial charge on any atom is 0.265 e. The molecule has 0 unspecified atom stereocenters. The molecule has 1 aliphatic rings. The van der Waals surface area contributed by atoms with Crippen molar-refractivity contribution in [1.82, 2.24) is 4.90 Å². The highest BCUT2D eigenvalue weighted by molar-refractivity contribution is 7.86. The van der Waals surface area contributed by atoms with Crippen LogP contribution in [-0.2, 0) is 25.6 Å². The molecule has 0 radical (unpaired) electrons. The lowest BCUT2D eigenvalue weighted by molar-refractivity contribution is -0.133. The Morgan fingerprint density at radius 2 is 2.15 bits per heavy atom. The Bertz CT molecular complexity index is 629. The van der Waals surface area contributed by atoms with Gasteiger partial charge in [-0.2, -0.15) is 8.42 Å². The van der Waals surface area contributed by atoms with Gasteiger partial charge in [0.05, 0.1) is 6.26 Å². The first kappa shape index (κ1) is 14.9. The van der Waals surface area contributed by atoms with Crippen LogP contribution in [0.2, 0.25) is 0 Å². The largest absolute Gasteiger partial charge is 0.336 e. The second-order valence-electron chi connectivity index (χ2n) is 4.92. The number of carbonyl (C=O) groups excluding carboxylic acids is 1. The highest BCUT2D eigenvalue weighted by Crippen LogP contribution is 2.20. The van der Waals surface area contributed by atoms with Gasteiger partial charge in [-0.15, -0.1) is 0 Å². The molecular weight excluding hydrogens is 285 g/mol. The van der Waals surface area contributed by atoms with Crippen LogP contribution in [0.1, 0.15) is 17.5 Å². The van der Waals surface area contributed by atoms with Crippen LogP contribution in [0.4, 0.5) is 4.39 Å². The first-order chi connectivity index (χ1) is 9.26. The molecule has 0 spiro atoms. The topological polar surface area (TPSA) is 63.7 Å². The molecule has 0 bridgehead atoms. The van der Waals surface area contributed by atoms with Gasteiger partial charge in [-0.1, -0.05) is 12.1 Å². The number of nitrogens with zero attached hydrogens (tertiary/aromatic N) is 1. The molecule has 0 N–H and O–H groups in total. The number of likely N-dealkylation sites (tertiary alicyclic amines) is 1. The lowest BCUT2D eigenvalue weighted by atomic mass is 10.1. The van der Waals surface area contributed by atoms with Gasteiger partial charge in [0, 0.05) is 19.5 Å². The van der Waals surface area contributed by atoms with E-state index in [1.807, 2.05) is 0 Å². The highest BCUT2D eigenvalue weighted by Gasteiger charge is 2.34. The third-order valence-electron chi connectivity index (χ3n) is 3.15. The van der Waals surface area contributed by atoms with Gasteiger partial charge in [0.1, 0.15) is 5.82 Å². The van der Waals surface area contributed by atoms with E-state index in [1.165, 1.54) is 11.0 Å². The Balaban J connectivity index is 2.04. The minimum atomic E-state index is -3.66. The van der Waals surface area contributed by atoms with Crippen LogP contribution in [0, 0.1) is 12.7 Å². The summed E-state index contributed by atoms with van der Waals surface area (Å²) in [4.78, 5) is 13.5. The number of halogens is 1. The molecule has 110 valence electrons. The molecule has 1 fully saturated rings. The fraction of sp³-hybridized carbons (Fsp3) is 0.462. The molecule has 20 heavy (non-hydrogen) atoms. The molecule has 7 heteroatoms. The van der Waals surface area contributed by atoms with Gasteiger partial charge in [0.2, 0.25) is 0 Å². The molecule has 2 rings (SSSR count). The summed E-state index contributed by atoms with van der Waals surface area (Å²) >= 11 is 0. The quantitative estimate of drug-likeness (QED) is 0.784. The number of hydrogen-bond acceptors (Lipinski definition) is 4. The molecule has 0 saturated carbocycles. The minimum absolute atomic E-state index is 0.250. The van der Waals surface area contributed by atoms with E-state index in [0.29, 0.717) is 24.1 Å². The molecule has 1 aromatic carbocycles. The van der Waals surface area contributed by atoms with Crippen LogP contribution < -0.4 is 0 Å². The average molecular weight is 301 g/mol. The van der Waals surface area contributed by atoms with E-state index in [4.69, 9.17) is 4.18 Å². The fourth-order valence-corrected chi connectivity index (χ4v) is 2.72. The zero-order valence-corrected chi connectivity index (χ0v) is 12.1. The molecule has 1 heterocycles. The van der Waals surface area contributed by atoms with Crippen LogP contribution in [0.3, 0.4) is 0 Å². The summed E-state index contributed by atoms with van der Waals surface area (Å²) < 4.78 is 40.2. The van der Waals surface area contributed by atoms with Gasteiger partial charge in [-0.3, -0.25) is 8.98 Å². The van der Waals surface area contributed by atoms with Crippen molar-refractivity contribution in [2.75, 3.05) is 12.8 Å². The zero-order chi connectivity index (χ0) is 14.9. The van der Waals surface area contributed by atoms with Gasteiger partial charge in [-0.25, -0.2) is 4.39 Å². The first-order valence-corrected chi connectivity index (χ1v) is 8.00. The number of hydrogen-bond donors (Lipinski definition) is 0. The van der Waals surface area contributed by atoms with E-state index in [-0.39, 0.29) is 18.3 Å². The second kappa shape index (κ2) is 5.49. The molecular formula is C13H16FNO4S. The number of carbonyl (C=O) groups is 1. The van der Waals surface area contributed by atoms with Crippen LogP contribution in [0.25, 0.3) is 0 Å². The maximum absolute atomic E-state index is 13.4. The Morgan fingerprint density at radius 3 is 2.75 bits per heavy atom. The predicted molar refractivity (Wildman–Crippen MR) is 70.9 cm³/mol. The van der Waals surface area contributed by atoms with Crippen molar-refractivity contribution in [2.45, 2.75) is 26.0 Å². The number of amides is 1. The maximum atomic E-state index is 13.4. The van der Waals surface area contributed by atoms with Gasteiger partial charge < -0.3 is 4.90 Å². The van der Waals surface area contributed by atoms with E-state index in [9.17, 15) is 17.6 Å². The van der Waals surface area contributed by atoms with Gasteiger partial charge in [0.15, 0.2) is 6.10 Å². The molecule has 1 aromatic rings. The summed E-state index contributed by atoms with van der Waals surface area (Å²) in [5, 5.41) is 0. The summed E-state index contributed by atoms with van der Waals surface area (Å²) in [5.41, 5.74) is 1.21. The smallest absolute Gasteiger partial charge is 0.265 e. The molecule has 0 aliphatic carbocycles. The van der Waals surface area contributed by atoms with E-state index in [1.54, 1.807) is 19.1 Å². The summed E-state index contributed by atoms with van der Waals surface area (Å²) in [6, 6.07) is 4.78. The second-order valence-corrected chi connectivity index (χ2v) is 6.52. The summed E-state index contributed by atoms with van der Waals surface area (Å²) in [6.07, 6.45) is 0.277. The summed E-state index contributed by atoms with van der Waals surface area (Å²) in [7, 11) is -3.66. The summed E-state index contributed by atoms with van der Waals surface area (Å²) in [6.45, 7) is 2.31. The van der Waals surface area contributed by atoms with Crippen molar-refractivity contribution in [3.8, 4) is 0 Å². The van der Waals surface area contributed by atoms with Crippen molar-refractivity contribution >= 4 is 16.0 Å². The van der Waals surface area contributed by atoms with Crippen LogP contribution in [0.5, 0.6) is 0 Å². The van der Waals surface area contributed by atoms with Crippen molar-refractivity contribution < 1.29 is 21.8 Å². The van der Waals surface area contributed by atoms with E-state index >= 15 is 0 Å². The van der Waals surface area contributed by atoms with Crippen molar-refractivity contribution in [3.05, 3.63) is 35.1 Å². The lowest BCUT2D eigenvalue weighted by Gasteiger charge is -2.16. The SMILES string of the molecule is Cc1ccc(CN2CC[C@H](OS(C)(=O)=O)C2=O)cc1F. The molecule has 0 aromatic heterocycles. The minimum Gasteiger partial charge on any atom is -0.336 e. The van der Waals surface area contributed by atoms with Crippen molar-refractivity contribution in [1.29, 1.82) is 0 Å². The average Bonchev–Trinajstić information content (AvgIpc) is 2.65. The standard InChI is InChI=1S/C13H16FNO4S/c1-9-3-4-10(7-11(9)14)8-15-6-5-12(13(15)16)19-20(2,17)18/h3-4,7,12H,5-6,8H2,1-2H3/t12-/m0/s1. The normalized spacial score (nSPS) is 19.6. The van der Waals surface area contributed by atoms with Crippen molar-refractivity contribution in [2.24, 2.45) is 0 Å². The summed E-state index contributed by atoms with van der Waals surface area (Å²) in [5.74, 6) is -0.700. The zero-order valence-electron chi connectivity index (χ0n) is 11.3. The van der Waals surface area contributed by atoms with Gasteiger partial charge >= 0.3 is 0 Å². The molecule has 1 aliphatic heterocycles. The van der Waals surface area contributed by atoms with E-state index < -0.39 is 16.2 Å². The molecule has 1 atom stereocenters. The number of rotatable bonds is 4. The lowest BCUT2D eigenvalue weighted by Crippen LogP contribution is -2.31. The monoisotopic (exact) mass is 301 g/mol. The Kier molecular flexibility index (Phi) is 4.10. The number of benzene rings is 1. The fourth-order valence-electron chi connectivity index (χ4n) is 2.12. The van der Waals surface area contributed by atoms with Crippen LogP contribution in [-0.4, -0.2) is 38.1 Å². The molecule has 5 nitrogen and oxygen atoms in total. The Morgan fingerprint density at radius 1 is 1.45 bits per heavy atom. The third-order valence-corrected chi connectivity index (χ3v) is 3.73. The van der Waals surface area contributed by atoms with Crippen LogP contribution in [0.15, 0.2) is 18.2 Å². The van der Waals surface area contributed by atoms with E-state index in [0.717, 1.165) is 6.26 Å². The predicted octanol–water partition coefficient (Wildman–Crippen LogP) is 1.21. The number of aryl methyl sites for hydroxylation is 1. The van der Waals surface area contributed by atoms with E-state index in [2.05, 4.69) is 0 Å².